The van der Waals surface area contributed by atoms with Crippen LogP contribution in [0, 0.1) is 0 Å². The Balaban J connectivity index is 1.72. The first-order chi connectivity index (χ1) is 16.4. The van der Waals surface area contributed by atoms with Crippen LogP contribution in [0.5, 0.6) is 0 Å². The average molecular weight is 403 g/mol. The summed E-state index contributed by atoms with van der Waals surface area (Å²) in [6, 6.07) is 6.90. The number of anilines is 2. The average Bonchev–Trinajstić information content (AvgIpc) is 3.27. The minimum absolute atomic E-state index is 0.0814. The summed E-state index contributed by atoms with van der Waals surface area (Å²) in [6.45, 7) is 0. The van der Waals surface area contributed by atoms with Gasteiger partial charge in [-0.2, -0.15) is 0 Å². The third-order valence-electron chi connectivity index (χ3n) is 3.88. The van der Waals surface area contributed by atoms with Crippen LogP contribution in [0.25, 0.3) is 0 Å². The molecule has 3 aromatic rings. The highest BCUT2D eigenvalue weighted by Gasteiger charge is 2.08. The smallest absolute Gasteiger partial charge is 0.230 e. The Bertz CT molecular complexity index is 1190. The molecular weight excluding hydrogens is 370 g/mol. The van der Waals surface area contributed by atoms with Gasteiger partial charge in [-0.25, -0.2) is 4.98 Å². The first kappa shape index (κ1) is 12.7. The number of unbranched alkanes of at least 4 members (excludes halogenated alkanes) is 1. The second-order valence-corrected chi connectivity index (χ2v) is 6.91. The molecule has 3 rings (SSSR count). The van der Waals surface area contributed by atoms with Crippen molar-refractivity contribution in [3.05, 3.63) is 76.7 Å². The maximum Gasteiger partial charge on any atom is 0.230 e. The zero-order chi connectivity index (χ0) is 26.0. The number of carbonyl (C=O) groups excluding carboxylic acids is 1. The van der Waals surface area contributed by atoms with Crippen LogP contribution in [0.15, 0.2) is 59.9 Å². The number of thiazole rings is 1. The van der Waals surface area contributed by atoms with Crippen LogP contribution in [-0.2, 0) is 17.6 Å². The fraction of sp³-hybridized carbons (Fsp3) is 0.273. The van der Waals surface area contributed by atoms with Crippen molar-refractivity contribution in [1.82, 2.24) is 4.98 Å². The SMILES string of the molecule is [2H]c1c([2H])c(NC(=O)C([2H])([2H])c2csc(N)n2)c([2H])c([2H])c1CCCC[C@]([2H])(O)c1ccccc1. The van der Waals surface area contributed by atoms with Gasteiger partial charge in [0.05, 0.1) is 25.0 Å². The fourth-order valence-electron chi connectivity index (χ4n) is 2.50. The molecule has 28 heavy (non-hydrogen) atoms. The van der Waals surface area contributed by atoms with Crippen molar-refractivity contribution in [2.24, 2.45) is 0 Å². The lowest BCUT2D eigenvalue weighted by atomic mass is 10.0. The zero-order valence-electron chi connectivity index (χ0n) is 22.1. The van der Waals surface area contributed by atoms with Crippen molar-refractivity contribution in [1.29, 1.82) is 0 Å². The number of aliphatic hydroxyl groups is 1. The van der Waals surface area contributed by atoms with Crippen LogP contribution in [0.3, 0.4) is 0 Å². The van der Waals surface area contributed by atoms with Crippen LogP contribution < -0.4 is 11.1 Å². The second kappa shape index (κ2) is 10.0. The summed E-state index contributed by atoms with van der Waals surface area (Å²) < 4.78 is 57.3. The normalized spacial score (nSPS) is 17.1. The van der Waals surface area contributed by atoms with E-state index in [-0.39, 0.29) is 41.3 Å². The summed E-state index contributed by atoms with van der Waals surface area (Å²) >= 11 is 0.963. The Hall–Kier alpha value is -2.70. The number of nitrogens with zero attached hydrogens (tertiary/aromatic N) is 1. The van der Waals surface area contributed by atoms with E-state index in [4.69, 9.17) is 15.3 Å². The molecule has 0 unspecified atom stereocenters. The van der Waals surface area contributed by atoms with Gasteiger partial charge in [-0.05, 0) is 42.5 Å². The molecule has 5 nitrogen and oxygen atoms in total. The number of aromatic nitrogens is 1. The Morgan fingerprint density at radius 1 is 1.29 bits per heavy atom. The van der Waals surface area contributed by atoms with E-state index in [9.17, 15) is 9.90 Å². The lowest BCUT2D eigenvalue weighted by Crippen LogP contribution is -2.14. The highest BCUT2D eigenvalue weighted by Crippen LogP contribution is 2.20. The van der Waals surface area contributed by atoms with E-state index in [0.717, 1.165) is 11.3 Å². The number of carbonyl (C=O) groups is 1. The van der Waals surface area contributed by atoms with Crippen molar-refractivity contribution in [3.63, 3.8) is 0 Å². The number of nitrogen functional groups attached to an aromatic ring is 1. The Morgan fingerprint density at radius 2 is 2.04 bits per heavy atom. The molecule has 1 amide bonds. The van der Waals surface area contributed by atoms with Gasteiger partial charge < -0.3 is 16.2 Å². The first-order valence-electron chi connectivity index (χ1n) is 12.3. The molecule has 0 saturated heterocycles. The van der Waals surface area contributed by atoms with Gasteiger partial charge in [0.2, 0.25) is 5.91 Å². The number of hydrogen-bond acceptors (Lipinski definition) is 5. The Labute approximate surface area is 179 Å². The molecule has 4 N–H and O–H groups in total. The minimum atomic E-state index is -2.60. The molecule has 0 radical (unpaired) electrons. The van der Waals surface area contributed by atoms with Gasteiger partial charge in [-0.1, -0.05) is 48.8 Å². The van der Waals surface area contributed by atoms with Crippen LogP contribution in [0.1, 0.15) is 51.8 Å². The van der Waals surface area contributed by atoms with E-state index in [1.807, 2.05) is 0 Å². The van der Waals surface area contributed by atoms with Crippen LogP contribution in [0.2, 0.25) is 0 Å². The predicted molar refractivity (Wildman–Crippen MR) is 114 cm³/mol. The molecule has 0 bridgehead atoms. The molecule has 0 aliphatic carbocycles. The van der Waals surface area contributed by atoms with E-state index >= 15 is 0 Å². The quantitative estimate of drug-likeness (QED) is 0.464. The van der Waals surface area contributed by atoms with Gasteiger partial charge in [0.25, 0.3) is 0 Å². The maximum absolute atomic E-state index is 12.6. The molecule has 0 fully saturated rings. The van der Waals surface area contributed by atoms with Gasteiger partial charge in [-0.3, -0.25) is 4.79 Å². The summed E-state index contributed by atoms with van der Waals surface area (Å²) in [4.78, 5) is 16.4. The van der Waals surface area contributed by atoms with Gasteiger partial charge in [0, 0.05) is 13.8 Å². The van der Waals surface area contributed by atoms with Crippen molar-refractivity contribution in [3.8, 4) is 0 Å². The first-order valence-corrected chi connectivity index (χ1v) is 9.64. The van der Waals surface area contributed by atoms with Gasteiger partial charge >= 0.3 is 0 Å². The summed E-state index contributed by atoms with van der Waals surface area (Å²) in [6.07, 6.45) is -3.25. The molecule has 0 aliphatic rings. The van der Waals surface area contributed by atoms with Gasteiger partial charge in [0.15, 0.2) is 5.13 Å². The lowest BCUT2D eigenvalue weighted by Gasteiger charge is -2.10. The van der Waals surface area contributed by atoms with Gasteiger partial charge in [-0.15, -0.1) is 11.3 Å². The zero-order valence-corrected chi connectivity index (χ0v) is 15.9. The highest BCUT2D eigenvalue weighted by molar-refractivity contribution is 7.13. The largest absolute Gasteiger partial charge is 0.388 e. The number of nitrogens with two attached hydrogens (primary N) is 1. The molecule has 1 atom stereocenters. The lowest BCUT2D eigenvalue weighted by molar-refractivity contribution is -0.115. The van der Waals surface area contributed by atoms with Crippen LogP contribution in [0.4, 0.5) is 10.8 Å². The van der Waals surface area contributed by atoms with Crippen LogP contribution in [-0.4, -0.2) is 16.0 Å². The van der Waals surface area contributed by atoms with Crippen molar-refractivity contribution >= 4 is 28.1 Å². The van der Waals surface area contributed by atoms with Crippen molar-refractivity contribution in [2.75, 3.05) is 11.1 Å². The molecule has 2 aromatic carbocycles. The van der Waals surface area contributed by atoms with E-state index in [2.05, 4.69) is 10.3 Å². The Kier molecular flexibility index (Phi) is 4.54. The number of amides is 1. The fourth-order valence-corrected chi connectivity index (χ4v) is 3.00. The molecule has 1 heterocycles. The van der Waals surface area contributed by atoms with Crippen molar-refractivity contribution in [2.45, 2.75) is 38.1 Å². The minimum Gasteiger partial charge on any atom is -0.388 e. The molecule has 0 saturated carbocycles. The number of rotatable bonds is 9. The highest BCUT2D eigenvalue weighted by atomic mass is 32.1. The maximum atomic E-state index is 12.6. The monoisotopic (exact) mass is 402 g/mol. The molecule has 146 valence electrons. The topological polar surface area (TPSA) is 88.2 Å². The Morgan fingerprint density at radius 3 is 2.71 bits per heavy atom. The van der Waals surface area contributed by atoms with E-state index in [1.165, 1.54) is 5.38 Å². The van der Waals surface area contributed by atoms with E-state index in [1.54, 1.807) is 30.3 Å². The molecule has 6 heteroatoms. The summed E-state index contributed by atoms with van der Waals surface area (Å²) in [5.74, 6) is -1.19. The standard InChI is InChI=1S/C22H25N3O2S/c23-22-25-19(15-28-22)14-21(27)24-18-12-10-16(11-13-18)6-4-5-9-20(26)17-7-2-1-3-8-17/h1-3,7-8,10-13,15,20,26H,4-6,9,14H2,(H2,23,25)(H,24,27)/t20-/m0/s1/i10D,11D,12D,13D,14D2,20D. The van der Waals surface area contributed by atoms with Crippen molar-refractivity contribution < 1.29 is 19.5 Å². The second-order valence-electron chi connectivity index (χ2n) is 6.02. The third-order valence-corrected chi connectivity index (χ3v) is 4.55. The molecule has 0 aliphatic heterocycles. The van der Waals surface area contributed by atoms with E-state index in [0.29, 0.717) is 18.4 Å². The van der Waals surface area contributed by atoms with Crippen LogP contribution >= 0.6 is 11.3 Å². The summed E-state index contributed by atoms with van der Waals surface area (Å²) in [5.41, 5.74) is 5.47. The number of benzene rings is 2. The van der Waals surface area contributed by atoms with Gasteiger partial charge in [0.1, 0.15) is 0 Å². The third kappa shape index (κ3) is 6.18. The molecular formula is C22H25N3O2S. The number of hydrogen-bond donors (Lipinski definition) is 3. The predicted octanol–water partition coefficient (Wildman–Crippen LogP) is 4.35. The molecule has 1 aromatic heterocycles. The summed E-state index contributed by atoms with van der Waals surface area (Å²) in [7, 11) is 0. The van der Waals surface area contributed by atoms with E-state index < -0.39 is 36.1 Å². The molecule has 0 spiro atoms. The summed E-state index contributed by atoms with van der Waals surface area (Å²) in [5, 5.41) is 14.0. The number of nitrogens with one attached hydrogen (secondary N) is 1.